The fourth-order valence-corrected chi connectivity index (χ4v) is 8.38. The van der Waals surface area contributed by atoms with Crippen LogP contribution in [0, 0.1) is 10.8 Å². The lowest BCUT2D eigenvalue weighted by molar-refractivity contribution is -0.119. The molecule has 5 rings (SSSR count). The van der Waals surface area contributed by atoms with Gasteiger partial charge in [-0.2, -0.15) is 8.42 Å². The van der Waals surface area contributed by atoms with Crippen molar-refractivity contribution in [2.45, 2.75) is 70.6 Å². The van der Waals surface area contributed by atoms with Crippen LogP contribution in [0.5, 0.6) is 11.5 Å². The van der Waals surface area contributed by atoms with E-state index in [0.29, 0.717) is 60.0 Å². The van der Waals surface area contributed by atoms with Crippen molar-refractivity contribution >= 4 is 37.6 Å². The number of ether oxygens (including phenoxy) is 2. The molecular formula is C34H40BrNO7S. The summed E-state index contributed by atoms with van der Waals surface area (Å²) >= 11 is 3.53. The third-order valence-corrected chi connectivity index (χ3v) is 10.4. The predicted octanol–water partition coefficient (Wildman–Crippen LogP) is 6.95. The van der Waals surface area contributed by atoms with Crippen molar-refractivity contribution in [3.05, 3.63) is 75.0 Å². The van der Waals surface area contributed by atoms with Crippen LogP contribution in [0.15, 0.2) is 74.4 Å². The second-order valence-electron chi connectivity index (χ2n) is 13.4. The highest BCUT2D eigenvalue weighted by Gasteiger charge is 2.49. The minimum Gasteiger partial charge on any atom is -0.493 e. The number of nitrogens with zero attached hydrogens (tertiary/aromatic N) is 1. The van der Waals surface area contributed by atoms with E-state index in [9.17, 15) is 18.0 Å². The first kappa shape index (κ1) is 32.4. The van der Waals surface area contributed by atoms with Crippen LogP contribution in [-0.4, -0.2) is 52.3 Å². The van der Waals surface area contributed by atoms with E-state index in [4.69, 9.17) is 13.7 Å². The number of carbonyl (C=O) groups excluding carboxylic acids is 2. The Labute approximate surface area is 268 Å². The zero-order chi connectivity index (χ0) is 32.0. The molecule has 1 heterocycles. The van der Waals surface area contributed by atoms with Gasteiger partial charge < -0.3 is 18.6 Å². The largest absolute Gasteiger partial charge is 0.493 e. The molecule has 1 aliphatic heterocycles. The van der Waals surface area contributed by atoms with Crippen LogP contribution in [0.2, 0.25) is 0 Å². The second kappa shape index (κ2) is 12.1. The van der Waals surface area contributed by atoms with Gasteiger partial charge in [-0.05, 0) is 75.9 Å². The maximum Gasteiger partial charge on any atom is 0.339 e. The van der Waals surface area contributed by atoms with Gasteiger partial charge >= 0.3 is 10.1 Å². The van der Waals surface area contributed by atoms with E-state index in [1.807, 2.05) is 0 Å². The van der Waals surface area contributed by atoms with Crippen LogP contribution in [0.1, 0.15) is 71.3 Å². The van der Waals surface area contributed by atoms with E-state index < -0.39 is 16.0 Å². The predicted molar refractivity (Wildman–Crippen MR) is 171 cm³/mol. The van der Waals surface area contributed by atoms with Gasteiger partial charge in [0.15, 0.2) is 23.1 Å². The zero-order valence-electron chi connectivity index (χ0n) is 26.2. The first-order valence-electron chi connectivity index (χ1n) is 14.8. The number of allylic oxidation sites excluding steroid dienone is 4. The summed E-state index contributed by atoms with van der Waals surface area (Å²) in [6.45, 7) is 9.64. The number of Topliss-reactive ketones (excluding diaryl/α,β-unsaturated/α-hetero) is 2. The average molecular weight is 687 g/mol. The molecule has 0 amide bonds. The number of benzene rings is 2. The summed E-state index contributed by atoms with van der Waals surface area (Å²) < 4.78 is 43.2. The van der Waals surface area contributed by atoms with E-state index in [1.54, 1.807) is 37.4 Å². The maximum atomic E-state index is 14.1. The van der Waals surface area contributed by atoms with Crippen molar-refractivity contribution in [1.29, 1.82) is 0 Å². The number of methoxy groups -OCH3 is 2. The van der Waals surface area contributed by atoms with Gasteiger partial charge in [-0.1, -0.05) is 45.9 Å². The molecule has 2 aromatic rings. The Morgan fingerprint density at radius 2 is 1.45 bits per heavy atom. The number of ketones is 2. The van der Waals surface area contributed by atoms with Crippen molar-refractivity contribution in [1.82, 2.24) is 4.90 Å². The van der Waals surface area contributed by atoms with Crippen LogP contribution in [0.3, 0.4) is 0 Å². The smallest absolute Gasteiger partial charge is 0.339 e. The average Bonchev–Trinajstić information content (AvgIpc) is 2.93. The summed E-state index contributed by atoms with van der Waals surface area (Å²) in [5.74, 6) is -0.412. The highest BCUT2D eigenvalue weighted by molar-refractivity contribution is 9.10. The Bertz CT molecular complexity index is 1600. The highest BCUT2D eigenvalue weighted by Crippen LogP contribution is 2.55. The SMILES string of the molecule is COCCCN1C2=C(C(=O)CC(C)(C)C2)C(c2cc(Br)c(OS(=O)(=O)c3ccccc3)c(OC)c2)C2=C1CC(C)(C)CC2=O. The van der Waals surface area contributed by atoms with E-state index >= 15 is 0 Å². The van der Waals surface area contributed by atoms with Crippen molar-refractivity contribution in [2.75, 3.05) is 27.4 Å². The minimum atomic E-state index is -4.16. The molecule has 2 aromatic carbocycles. The topological polar surface area (TPSA) is 99.2 Å². The summed E-state index contributed by atoms with van der Waals surface area (Å²) in [4.78, 5) is 30.4. The highest BCUT2D eigenvalue weighted by atomic mass is 79.9. The van der Waals surface area contributed by atoms with Gasteiger partial charge in [-0.25, -0.2) is 0 Å². The lowest BCUT2D eigenvalue weighted by Gasteiger charge is -2.49. The molecule has 8 nitrogen and oxygen atoms in total. The molecule has 236 valence electrons. The van der Waals surface area contributed by atoms with Crippen LogP contribution < -0.4 is 8.92 Å². The molecule has 0 radical (unpaired) electrons. The maximum absolute atomic E-state index is 14.1. The Kier molecular flexibility index (Phi) is 8.92. The van der Waals surface area contributed by atoms with Crippen molar-refractivity contribution < 1.29 is 31.7 Å². The fraction of sp³-hybridized carbons (Fsp3) is 0.471. The monoisotopic (exact) mass is 685 g/mol. The fourth-order valence-electron chi connectivity index (χ4n) is 6.75. The number of halogens is 1. The van der Waals surface area contributed by atoms with Crippen LogP contribution >= 0.6 is 15.9 Å². The van der Waals surface area contributed by atoms with E-state index in [0.717, 1.165) is 17.8 Å². The molecule has 0 saturated carbocycles. The normalized spacial score (nSPS) is 20.0. The number of carbonyl (C=O) groups is 2. The first-order valence-corrected chi connectivity index (χ1v) is 17.0. The molecule has 0 aromatic heterocycles. The first-order chi connectivity index (χ1) is 20.7. The van der Waals surface area contributed by atoms with Crippen molar-refractivity contribution in [3.8, 4) is 11.5 Å². The van der Waals surface area contributed by atoms with Crippen molar-refractivity contribution in [3.63, 3.8) is 0 Å². The van der Waals surface area contributed by atoms with Gasteiger partial charge in [0.1, 0.15) is 4.90 Å². The summed E-state index contributed by atoms with van der Waals surface area (Å²) in [7, 11) is -1.05. The summed E-state index contributed by atoms with van der Waals surface area (Å²) in [6, 6.07) is 11.3. The standard InChI is InChI=1S/C34H40BrNO7S/c1-33(2)17-24-30(26(37)19-33)29(31-25(36(24)13-10-14-41-5)18-34(3,4)20-27(31)38)21-15-23(35)32(28(16-21)42-6)43-44(39,40)22-11-8-7-9-12-22/h7-9,11-12,15-16,29H,10,13-14,17-20H2,1-6H3. The molecule has 44 heavy (non-hydrogen) atoms. The third-order valence-electron chi connectivity index (χ3n) is 8.56. The molecule has 0 saturated heterocycles. The van der Waals surface area contributed by atoms with E-state index in [2.05, 4.69) is 48.5 Å². The van der Waals surface area contributed by atoms with Gasteiger partial charge in [0, 0.05) is 61.6 Å². The molecule has 2 aliphatic carbocycles. The molecular weight excluding hydrogens is 646 g/mol. The third kappa shape index (κ3) is 6.26. The summed E-state index contributed by atoms with van der Waals surface area (Å²) in [5, 5.41) is 0. The Morgan fingerprint density at radius 1 is 0.886 bits per heavy atom. The second-order valence-corrected chi connectivity index (χ2v) is 15.8. The van der Waals surface area contributed by atoms with Gasteiger partial charge in [0.25, 0.3) is 0 Å². The molecule has 10 heteroatoms. The molecule has 0 unspecified atom stereocenters. The number of rotatable bonds is 9. The molecule has 3 aliphatic rings. The molecule has 0 N–H and O–H groups in total. The Balaban J connectivity index is 1.69. The van der Waals surface area contributed by atoms with Crippen LogP contribution in [-0.2, 0) is 24.4 Å². The van der Waals surface area contributed by atoms with Gasteiger partial charge in [-0.3, -0.25) is 9.59 Å². The Hall–Kier alpha value is -2.95. The lowest BCUT2D eigenvalue weighted by atomic mass is 9.63. The quantitative estimate of drug-likeness (QED) is 0.207. The van der Waals surface area contributed by atoms with E-state index in [1.165, 1.54) is 19.2 Å². The number of hydrogen-bond acceptors (Lipinski definition) is 8. The van der Waals surface area contributed by atoms with E-state index in [-0.39, 0.29) is 38.8 Å². The Morgan fingerprint density at radius 3 is 1.98 bits per heavy atom. The van der Waals surface area contributed by atoms with Crippen molar-refractivity contribution in [2.24, 2.45) is 10.8 Å². The number of hydrogen-bond donors (Lipinski definition) is 0. The summed E-state index contributed by atoms with van der Waals surface area (Å²) in [5.41, 5.74) is 3.36. The van der Waals surface area contributed by atoms with Gasteiger partial charge in [0.2, 0.25) is 0 Å². The minimum absolute atomic E-state index is 0.00674. The molecule has 0 fully saturated rings. The van der Waals surface area contributed by atoms with Gasteiger partial charge in [0.05, 0.1) is 11.6 Å². The molecule has 0 spiro atoms. The lowest BCUT2D eigenvalue weighted by Crippen LogP contribution is -2.44. The van der Waals surface area contributed by atoms with Crippen LogP contribution in [0.25, 0.3) is 0 Å². The van der Waals surface area contributed by atoms with Gasteiger partial charge in [-0.15, -0.1) is 0 Å². The summed E-state index contributed by atoms with van der Waals surface area (Å²) in [6.07, 6.45) is 2.87. The van der Waals surface area contributed by atoms with Crippen LogP contribution in [0.4, 0.5) is 0 Å². The molecule has 0 atom stereocenters. The zero-order valence-corrected chi connectivity index (χ0v) is 28.6. The molecule has 0 bridgehead atoms.